The Kier molecular flexibility index (Phi) is 4.05. The van der Waals surface area contributed by atoms with Crippen molar-refractivity contribution in [3.05, 3.63) is 35.5 Å². The second-order valence-electron chi connectivity index (χ2n) is 5.03. The Bertz CT molecular complexity index is 599. The number of nitrogens with one attached hydrogen (secondary N) is 1. The highest BCUT2D eigenvalue weighted by Crippen LogP contribution is 2.29. The van der Waals surface area contributed by atoms with Crippen LogP contribution in [0, 0.1) is 0 Å². The van der Waals surface area contributed by atoms with Crippen LogP contribution in [0.5, 0.6) is 0 Å². The molecule has 1 fully saturated rings. The number of hydrogen-bond donors (Lipinski definition) is 2. The number of anilines is 1. The maximum absolute atomic E-state index is 6.21. The molecule has 1 aromatic carbocycles. The average molecular weight is 292 g/mol. The SMILES string of the molecule is NCC(Nc1ccc(Cl)c2cccnc12)C1CCCO1. The van der Waals surface area contributed by atoms with E-state index in [1.165, 1.54) is 0 Å². The van der Waals surface area contributed by atoms with Crippen LogP contribution in [0.15, 0.2) is 30.5 Å². The zero-order chi connectivity index (χ0) is 13.9. The lowest BCUT2D eigenvalue weighted by Gasteiger charge is -2.24. The van der Waals surface area contributed by atoms with Crippen molar-refractivity contribution in [1.29, 1.82) is 0 Å². The molecule has 0 spiro atoms. The lowest BCUT2D eigenvalue weighted by atomic mass is 10.1. The minimum absolute atomic E-state index is 0.101. The molecular weight excluding hydrogens is 274 g/mol. The highest BCUT2D eigenvalue weighted by Gasteiger charge is 2.25. The third-order valence-electron chi connectivity index (χ3n) is 3.72. The molecule has 1 aliphatic heterocycles. The van der Waals surface area contributed by atoms with Crippen molar-refractivity contribution in [3.8, 4) is 0 Å². The van der Waals surface area contributed by atoms with Crippen LogP contribution >= 0.6 is 11.6 Å². The zero-order valence-corrected chi connectivity index (χ0v) is 11.9. The first-order valence-corrected chi connectivity index (χ1v) is 7.29. The molecule has 2 unspecified atom stereocenters. The molecule has 3 N–H and O–H groups in total. The number of fused-ring (bicyclic) bond motifs is 1. The van der Waals surface area contributed by atoms with Gasteiger partial charge in [0.05, 0.1) is 28.4 Å². The van der Waals surface area contributed by atoms with Crippen molar-refractivity contribution >= 4 is 28.2 Å². The van der Waals surface area contributed by atoms with Crippen molar-refractivity contribution < 1.29 is 4.74 Å². The van der Waals surface area contributed by atoms with Gasteiger partial charge >= 0.3 is 0 Å². The smallest absolute Gasteiger partial charge is 0.0948 e. The van der Waals surface area contributed by atoms with Gasteiger partial charge in [0, 0.05) is 24.7 Å². The van der Waals surface area contributed by atoms with E-state index in [1.807, 2.05) is 24.3 Å². The molecule has 2 aromatic rings. The highest BCUT2D eigenvalue weighted by molar-refractivity contribution is 6.35. The Morgan fingerprint density at radius 2 is 2.35 bits per heavy atom. The molecule has 1 aliphatic rings. The van der Waals surface area contributed by atoms with Gasteiger partial charge in [-0.1, -0.05) is 11.6 Å². The molecule has 5 heteroatoms. The first-order chi connectivity index (χ1) is 9.79. The number of nitrogens with zero attached hydrogens (tertiary/aromatic N) is 1. The predicted octanol–water partition coefficient (Wildman–Crippen LogP) is 2.81. The van der Waals surface area contributed by atoms with Crippen LogP contribution in [-0.2, 0) is 4.74 Å². The monoisotopic (exact) mass is 291 g/mol. The summed E-state index contributed by atoms with van der Waals surface area (Å²) in [6, 6.07) is 7.80. The fourth-order valence-electron chi connectivity index (χ4n) is 2.68. The van der Waals surface area contributed by atoms with Crippen molar-refractivity contribution in [3.63, 3.8) is 0 Å². The topological polar surface area (TPSA) is 60.2 Å². The fraction of sp³-hybridized carbons (Fsp3) is 0.400. The van der Waals surface area contributed by atoms with Crippen molar-refractivity contribution in [2.45, 2.75) is 25.0 Å². The first kappa shape index (κ1) is 13.6. The summed E-state index contributed by atoms with van der Waals surface area (Å²) in [7, 11) is 0. The number of pyridine rings is 1. The van der Waals surface area contributed by atoms with E-state index in [9.17, 15) is 0 Å². The fourth-order valence-corrected chi connectivity index (χ4v) is 2.89. The van der Waals surface area contributed by atoms with Gasteiger partial charge in [-0.05, 0) is 37.1 Å². The summed E-state index contributed by atoms with van der Waals surface area (Å²) < 4.78 is 5.73. The van der Waals surface area contributed by atoms with E-state index in [-0.39, 0.29) is 12.1 Å². The zero-order valence-electron chi connectivity index (χ0n) is 11.2. The lowest BCUT2D eigenvalue weighted by Crippen LogP contribution is -2.39. The number of nitrogens with two attached hydrogens (primary N) is 1. The predicted molar refractivity (Wildman–Crippen MR) is 82.2 cm³/mol. The molecular formula is C15H18ClN3O. The molecule has 0 aliphatic carbocycles. The highest BCUT2D eigenvalue weighted by atomic mass is 35.5. The quantitative estimate of drug-likeness (QED) is 0.909. The van der Waals surface area contributed by atoms with Gasteiger partial charge in [0.25, 0.3) is 0 Å². The minimum Gasteiger partial charge on any atom is -0.377 e. The number of rotatable bonds is 4. The van der Waals surface area contributed by atoms with Crippen LogP contribution in [0.4, 0.5) is 5.69 Å². The van der Waals surface area contributed by atoms with E-state index in [4.69, 9.17) is 22.1 Å². The van der Waals surface area contributed by atoms with E-state index < -0.39 is 0 Å². The van der Waals surface area contributed by atoms with Crippen LogP contribution in [0.25, 0.3) is 10.9 Å². The first-order valence-electron chi connectivity index (χ1n) is 6.91. The van der Waals surface area contributed by atoms with E-state index in [0.717, 1.165) is 36.0 Å². The molecule has 3 rings (SSSR count). The molecule has 0 radical (unpaired) electrons. The summed E-state index contributed by atoms with van der Waals surface area (Å²) in [4.78, 5) is 4.43. The van der Waals surface area contributed by atoms with Crippen LogP contribution < -0.4 is 11.1 Å². The number of aromatic nitrogens is 1. The Morgan fingerprint density at radius 3 is 3.10 bits per heavy atom. The molecule has 0 saturated carbocycles. The summed E-state index contributed by atoms with van der Waals surface area (Å²) in [5.74, 6) is 0. The van der Waals surface area contributed by atoms with E-state index in [2.05, 4.69) is 10.3 Å². The minimum atomic E-state index is 0.101. The number of benzene rings is 1. The van der Waals surface area contributed by atoms with Crippen LogP contribution in [0.3, 0.4) is 0 Å². The van der Waals surface area contributed by atoms with Crippen molar-refractivity contribution in [2.75, 3.05) is 18.5 Å². The maximum Gasteiger partial charge on any atom is 0.0948 e. The second kappa shape index (κ2) is 5.95. The van der Waals surface area contributed by atoms with Gasteiger partial charge in [0.2, 0.25) is 0 Å². The van der Waals surface area contributed by atoms with Gasteiger partial charge < -0.3 is 15.8 Å². The number of hydrogen-bond acceptors (Lipinski definition) is 4. The van der Waals surface area contributed by atoms with Crippen molar-refractivity contribution in [2.24, 2.45) is 5.73 Å². The van der Waals surface area contributed by atoms with Crippen molar-refractivity contribution in [1.82, 2.24) is 4.98 Å². The Hall–Kier alpha value is -1.36. The van der Waals surface area contributed by atoms with Gasteiger partial charge in [0.1, 0.15) is 0 Å². The largest absolute Gasteiger partial charge is 0.377 e. The molecule has 0 bridgehead atoms. The third-order valence-corrected chi connectivity index (χ3v) is 4.05. The molecule has 2 heterocycles. The Morgan fingerprint density at radius 1 is 1.45 bits per heavy atom. The summed E-state index contributed by atoms with van der Waals surface area (Å²) in [6.07, 6.45) is 4.10. The van der Waals surface area contributed by atoms with Crippen LogP contribution in [-0.4, -0.2) is 30.3 Å². The Labute approximate surface area is 123 Å². The van der Waals surface area contributed by atoms with Gasteiger partial charge in [-0.15, -0.1) is 0 Å². The van der Waals surface area contributed by atoms with Crippen LogP contribution in [0.2, 0.25) is 5.02 Å². The van der Waals surface area contributed by atoms with E-state index in [0.29, 0.717) is 11.6 Å². The van der Waals surface area contributed by atoms with E-state index >= 15 is 0 Å². The molecule has 4 nitrogen and oxygen atoms in total. The molecule has 20 heavy (non-hydrogen) atoms. The summed E-state index contributed by atoms with van der Waals surface area (Å²) in [5.41, 5.74) is 7.71. The summed E-state index contributed by atoms with van der Waals surface area (Å²) in [6.45, 7) is 1.35. The van der Waals surface area contributed by atoms with Crippen LogP contribution in [0.1, 0.15) is 12.8 Å². The molecule has 1 saturated heterocycles. The van der Waals surface area contributed by atoms with E-state index in [1.54, 1.807) is 6.20 Å². The molecule has 106 valence electrons. The van der Waals surface area contributed by atoms with Gasteiger partial charge in [-0.2, -0.15) is 0 Å². The third kappa shape index (κ3) is 2.59. The standard InChI is InChI=1S/C15H18ClN3O/c16-11-5-6-12(15-10(11)3-1-7-18-15)19-13(9-17)14-4-2-8-20-14/h1,3,5-7,13-14,19H,2,4,8-9,17H2. The van der Waals surface area contributed by atoms with Gasteiger partial charge in [0.15, 0.2) is 0 Å². The normalized spacial score (nSPS) is 20.2. The lowest BCUT2D eigenvalue weighted by molar-refractivity contribution is 0.0973. The molecule has 1 aromatic heterocycles. The summed E-state index contributed by atoms with van der Waals surface area (Å²) in [5, 5.41) is 5.12. The molecule has 0 amide bonds. The number of ether oxygens (including phenoxy) is 1. The second-order valence-corrected chi connectivity index (χ2v) is 5.44. The maximum atomic E-state index is 6.21. The summed E-state index contributed by atoms with van der Waals surface area (Å²) >= 11 is 6.21. The van der Waals surface area contributed by atoms with Gasteiger partial charge in [-0.3, -0.25) is 4.98 Å². The average Bonchev–Trinajstić information content (AvgIpc) is 3.01. The van der Waals surface area contributed by atoms with Gasteiger partial charge in [-0.25, -0.2) is 0 Å². The molecule has 2 atom stereocenters. The number of halogens is 1. The Balaban J connectivity index is 1.91.